The molecule has 0 aliphatic carbocycles. The summed E-state index contributed by atoms with van der Waals surface area (Å²) in [7, 11) is -3.67. The van der Waals surface area contributed by atoms with Gasteiger partial charge in [0.1, 0.15) is 12.3 Å². The van der Waals surface area contributed by atoms with Crippen LogP contribution in [0.3, 0.4) is 0 Å². The molecule has 2 aromatic carbocycles. The van der Waals surface area contributed by atoms with Crippen molar-refractivity contribution in [1.82, 2.24) is 0 Å². The number of carbonyl (C=O) groups excluding carboxylic acids is 1. The lowest BCUT2D eigenvalue weighted by molar-refractivity contribution is -0.114. The second-order valence-electron chi connectivity index (χ2n) is 5.96. The van der Waals surface area contributed by atoms with Crippen LogP contribution < -0.4 is 14.4 Å². The number of rotatable bonds is 7. The Kier molecular flexibility index (Phi) is 6.50. The molecule has 0 spiro atoms. The van der Waals surface area contributed by atoms with Crippen molar-refractivity contribution in [2.45, 2.75) is 20.0 Å². The number of carbonyl (C=O) groups is 1. The number of nitrogens with one attached hydrogen (secondary N) is 1. The largest absolute Gasteiger partial charge is 0.489 e. The van der Waals surface area contributed by atoms with E-state index in [1.807, 2.05) is 13.8 Å². The minimum absolute atomic E-state index is 0.0629. The minimum Gasteiger partial charge on any atom is -0.489 e. The Morgan fingerprint density at radius 3 is 2.50 bits per heavy atom. The van der Waals surface area contributed by atoms with Gasteiger partial charge in [-0.2, -0.15) is 0 Å². The van der Waals surface area contributed by atoms with Crippen LogP contribution in [-0.4, -0.2) is 33.2 Å². The predicted molar refractivity (Wildman–Crippen MR) is 104 cm³/mol. The van der Waals surface area contributed by atoms with E-state index in [1.54, 1.807) is 42.5 Å². The number of hydrogen-bond donors (Lipinski definition) is 1. The molecule has 0 radical (unpaired) electrons. The highest BCUT2D eigenvalue weighted by atomic mass is 35.5. The zero-order valence-electron chi connectivity index (χ0n) is 14.8. The summed E-state index contributed by atoms with van der Waals surface area (Å²) in [5.41, 5.74) is 0.799. The first kappa shape index (κ1) is 20.1. The average Bonchev–Trinajstić information content (AvgIpc) is 2.53. The SMILES string of the molecule is CC(C)Oc1ccccc1NC(=O)CN(c1cccc(Cl)c1)S(C)(=O)=O. The third kappa shape index (κ3) is 5.64. The number of hydrogen-bond acceptors (Lipinski definition) is 4. The number of sulfonamides is 1. The lowest BCUT2D eigenvalue weighted by Gasteiger charge is -2.22. The van der Waals surface area contributed by atoms with Crippen LogP contribution in [-0.2, 0) is 14.8 Å². The molecule has 0 bridgehead atoms. The van der Waals surface area contributed by atoms with E-state index in [-0.39, 0.29) is 12.6 Å². The first-order valence-corrected chi connectivity index (χ1v) is 10.2. The van der Waals surface area contributed by atoms with Gasteiger partial charge in [0.25, 0.3) is 0 Å². The number of para-hydroxylation sites is 2. The van der Waals surface area contributed by atoms with Crippen LogP contribution in [0.15, 0.2) is 48.5 Å². The number of nitrogens with zero attached hydrogens (tertiary/aromatic N) is 1. The van der Waals surface area contributed by atoms with E-state index in [0.717, 1.165) is 10.6 Å². The molecule has 6 nitrogen and oxygen atoms in total. The third-order valence-electron chi connectivity index (χ3n) is 3.31. The monoisotopic (exact) mass is 396 g/mol. The smallest absolute Gasteiger partial charge is 0.245 e. The number of benzene rings is 2. The molecule has 0 fully saturated rings. The maximum Gasteiger partial charge on any atom is 0.245 e. The van der Waals surface area contributed by atoms with Gasteiger partial charge in [0, 0.05) is 5.02 Å². The molecular weight excluding hydrogens is 376 g/mol. The Morgan fingerprint density at radius 2 is 1.88 bits per heavy atom. The molecule has 140 valence electrons. The standard InChI is InChI=1S/C18H21ClN2O4S/c1-13(2)25-17-10-5-4-9-16(17)20-18(22)12-21(26(3,23)24)15-8-6-7-14(19)11-15/h4-11,13H,12H2,1-3H3,(H,20,22). The molecule has 0 aliphatic rings. The summed E-state index contributed by atoms with van der Waals surface area (Å²) in [5.74, 6) is 0.0275. The highest BCUT2D eigenvalue weighted by molar-refractivity contribution is 7.92. The molecule has 1 N–H and O–H groups in total. The maximum absolute atomic E-state index is 12.5. The Balaban J connectivity index is 2.21. The van der Waals surface area contributed by atoms with Crippen LogP contribution in [0.2, 0.25) is 5.02 Å². The summed E-state index contributed by atoms with van der Waals surface area (Å²) >= 11 is 5.94. The van der Waals surface area contributed by atoms with Crippen molar-refractivity contribution < 1.29 is 17.9 Å². The summed E-state index contributed by atoms with van der Waals surface area (Å²) in [4.78, 5) is 12.5. The number of ether oxygens (including phenoxy) is 1. The van der Waals surface area contributed by atoms with Crippen LogP contribution in [0.25, 0.3) is 0 Å². The molecule has 0 heterocycles. The van der Waals surface area contributed by atoms with Crippen LogP contribution in [0, 0.1) is 0 Å². The molecule has 0 unspecified atom stereocenters. The van der Waals surface area contributed by atoms with Crippen molar-refractivity contribution in [3.8, 4) is 5.75 Å². The summed E-state index contributed by atoms with van der Waals surface area (Å²) in [6.45, 7) is 3.38. The Morgan fingerprint density at radius 1 is 1.19 bits per heavy atom. The van der Waals surface area contributed by atoms with Crippen LogP contribution >= 0.6 is 11.6 Å². The van der Waals surface area contributed by atoms with Gasteiger partial charge in [0.05, 0.1) is 23.7 Å². The quantitative estimate of drug-likeness (QED) is 0.776. The topological polar surface area (TPSA) is 75.7 Å². The summed E-state index contributed by atoms with van der Waals surface area (Å²) in [6.07, 6.45) is 0.976. The van der Waals surface area contributed by atoms with Crippen molar-refractivity contribution >= 4 is 38.9 Å². The van der Waals surface area contributed by atoms with Gasteiger partial charge >= 0.3 is 0 Å². The molecular formula is C18H21ClN2O4S. The number of anilines is 2. The molecule has 0 atom stereocenters. The highest BCUT2D eigenvalue weighted by Crippen LogP contribution is 2.26. The van der Waals surface area contributed by atoms with Gasteiger partial charge < -0.3 is 10.1 Å². The second kappa shape index (κ2) is 8.42. The fraction of sp³-hybridized carbons (Fsp3) is 0.278. The minimum atomic E-state index is -3.67. The van der Waals surface area contributed by atoms with Crippen molar-refractivity contribution in [2.75, 3.05) is 22.4 Å². The molecule has 0 saturated heterocycles. The van der Waals surface area contributed by atoms with E-state index in [9.17, 15) is 13.2 Å². The van der Waals surface area contributed by atoms with E-state index >= 15 is 0 Å². The molecule has 2 aromatic rings. The van der Waals surface area contributed by atoms with E-state index in [2.05, 4.69) is 5.32 Å². The van der Waals surface area contributed by atoms with Gasteiger partial charge in [-0.3, -0.25) is 9.10 Å². The van der Waals surface area contributed by atoms with E-state index in [1.165, 1.54) is 6.07 Å². The molecule has 1 amide bonds. The van der Waals surface area contributed by atoms with E-state index < -0.39 is 15.9 Å². The Bertz CT molecular complexity index is 884. The van der Waals surface area contributed by atoms with Crippen molar-refractivity contribution in [2.24, 2.45) is 0 Å². The Hall–Kier alpha value is -2.25. The highest BCUT2D eigenvalue weighted by Gasteiger charge is 2.21. The first-order valence-electron chi connectivity index (χ1n) is 7.95. The molecule has 0 aliphatic heterocycles. The van der Waals surface area contributed by atoms with Gasteiger partial charge in [-0.1, -0.05) is 29.8 Å². The zero-order valence-corrected chi connectivity index (χ0v) is 16.3. The van der Waals surface area contributed by atoms with Crippen LogP contribution in [0.4, 0.5) is 11.4 Å². The van der Waals surface area contributed by atoms with Gasteiger partial charge in [-0.15, -0.1) is 0 Å². The molecule has 2 rings (SSSR count). The zero-order chi connectivity index (χ0) is 19.3. The number of halogens is 1. The summed E-state index contributed by atoms with van der Waals surface area (Å²) in [5, 5.41) is 3.08. The van der Waals surface area contributed by atoms with Crippen molar-refractivity contribution in [1.29, 1.82) is 0 Å². The van der Waals surface area contributed by atoms with Gasteiger partial charge in [0.2, 0.25) is 15.9 Å². The van der Waals surface area contributed by atoms with Crippen molar-refractivity contribution in [3.05, 3.63) is 53.6 Å². The fourth-order valence-electron chi connectivity index (χ4n) is 2.28. The van der Waals surface area contributed by atoms with Crippen LogP contribution in [0.5, 0.6) is 5.75 Å². The normalized spacial score (nSPS) is 11.3. The van der Waals surface area contributed by atoms with Gasteiger partial charge in [-0.05, 0) is 44.2 Å². The molecule has 0 aromatic heterocycles. The van der Waals surface area contributed by atoms with Gasteiger partial charge in [0.15, 0.2) is 0 Å². The van der Waals surface area contributed by atoms with E-state index in [4.69, 9.17) is 16.3 Å². The molecule has 0 saturated carbocycles. The Labute approximate surface area is 158 Å². The summed E-state index contributed by atoms with van der Waals surface area (Å²) in [6, 6.07) is 13.3. The van der Waals surface area contributed by atoms with Gasteiger partial charge in [-0.25, -0.2) is 8.42 Å². The predicted octanol–water partition coefficient (Wildman–Crippen LogP) is 3.53. The van der Waals surface area contributed by atoms with E-state index in [0.29, 0.717) is 22.1 Å². The van der Waals surface area contributed by atoms with Crippen LogP contribution in [0.1, 0.15) is 13.8 Å². The maximum atomic E-state index is 12.5. The molecule has 8 heteroatoms. The summed E-state index contributed by atoms with van der Waals surface area (Å²) < 4.78 is 30.9. The third-order valence-corrected chi connectivity index (χ3v) is 4.68. The second-order valence-corrected chi connectivity index (χ2v) is 8.30. The van der Waals surface area contributed by atoms with Crippen molar-refractivity contribution in [3.63, 3.8) is 0 Å². The molecule has 26 heavy (non-hydrogen) atoms. The first-order chi connectivity index (χ1) is 12.2. The average molecular weight is 397 g/mol. The lowest BCUT2D eigenvalue weighted by atomic mass is 10.2. The lowest BCUT2D eigenvalue weighted by Crippen LogP contribution is -2.37. The fourth-order valence-corrected chi connectivity index (χ4v) is 3.31. The number of amides is 1.